The largest absolute Gasteiger partial charge is 0.478 e. The molecule has 0 amide bonds. The molecule has 1 N–H and O–H groups in total. The maximum absolute atomic E-state index is 12.2. The first-order chi connectivity index (χ1) is 17.3. The number of carbonyl (C=O) groups is 2. The number of hydrogen-bond acceptors (Lipinski definition) is 4. The Bertz CT molecular complexity index is 994. The van der Waals surface area contributed by atoms with Crippen molar-refractivity contribution < 1.29 is 19.4 Å². The van der Waals surface area contributed by atoms with Crippen molar-refractivity contribution in [3.05, 3.63) is 89.7 Å². The van der Waals surface area contributed by atoms with Gasteiger partial charge in [-0.15, -0.1) is 0 Å². The molecule has 196 valence electrons. The number of methoxy groups -OCH3 is 1. The van der Waals surface area contributed by atoms with Gasteiger partial charge in [-0.25, -0.2) is 9.59 Å². The van der Waals surface area contributed by atoms with Gasteiger partial charge in [-0.1, -0.05) is 83.4 Å². The van der Waals surface area contributed by atoms with Gasteiger partial charge in [0.1, 0.15) is 0 Å². The summed E-state index contributed by atoms with van der Waals surface area (Å²) < 4.78 is 4.92. The highest BCUT2D eigenvalue weighted by Crippen LogP contribution is 2.32. The van der Waals surface area contributed by atoms with Gasteiger partial charge in [0.15, 0.2) is 0 Å². The first-order valence-corrected chi connectivity index (χ1v) is 12.8. The van der Waals surface area contributed by atoms with Crippen molar-refractivity contribution in [1.29, 1.82) is 0 Å². The summed E-state index contributed by atoms with van der Waals surface area (Å²) in [5.41, 5.74) is 4.15. The van der Waals surface area contributed by atoms with E-state index in [0.717, 1.165) is 28.8 Å². The highest BCUT2D eigenvalue weighted by Gasteiger charge is 2.21. The first-order valence-electron chi connectivity index (χ1n) is 12.8. The van der Waals surface area contributed by atoms with Crippen LogP contribution in [0.2, 0.25) is 0 Å². The monoisotopic (exact) mass is 493 g/mol. The summed E-state index contributed by atoms with van der Waals surface area (Å²) in [7, 11) is 1.35. The van der Waals surface area contributed by atoms with Crippen LogP contribution in [-0.2, 0) is 16.0 Å². The summed E-state index contributed by atoms with van der Waals surface area (Å²) in [5, 5.41) is 9.95. The lowest BCUT2D eigenvalue weighted by Gasteiger charge is -2.27. The molecule has 0 radical (unpaired) electrons. The molecule has 1 aliphatic rings. The van der Waals surface area contributed by atoms with Crippen LogP contribution in [0, 0.1) is 5.92 Å². The highest BCUT2D eigenvalue weighted by molar-refractivity contribution is 5.92. The third-order valence-corrected chi connectivity index (χ3v) is 6.31. The summed E-state index contributed by atoms with van der Waals surface area (Å²) in [4.78, 5) is 26.2. The van der Waals surface area contributed by atoms with E-state index in [0.29, 0.717) is 11.5 Å². The third kappa shape index (κ3) is 9.03. The maximum atomic E-state index is 12.2. The normalized spacial score (nSPS) is 14.9. The number of nitrogens with zero attached hydrogens (tertiary/aromatic N) is 1. The molecule has 0 atom stereocenters. The van der Waals surface area contributed by atoms with Gasteiger partial charge >= 0.3 is 11.9 Å². The summed E-state index contributed by atoms with van der Waals surface area (Å²) >= 11 is 0. The van der Waals surface area contributed by atoms with E-state index in [-0.39, 0.29) is 12.1 Å². The molecule has 1 saturated carbocycles. The number of anilines is 1. The number of carboxylic acids is 1. The number of benzene rings is 1. The van der Waals surface area contributed by atoms with Crippen LogP contribution in [0.4, 0.5) is 5.69 Å². The van der Waals surface area contributed by atoms with Crippen LogP contribution in [0.1, 0.15) is 75.7 Å². The quantitative estimate of drug-likeness (QED) is 0.195. The molecule has 1 fully saturated rings. The molecule has 0 spiro atoms. The molecular weight excluding hydrogens is 450 g/mol. The van der Waals surface area contributed by atoms with Crippen LogP contribution in [0.5, 0.6) is 0 Å². The molecular formula is C31H43NO4. The van der Waals surface area contributed by atoms with Crippen LogP contribution in [0.15, 0.2) is 78.6 Å². The van der Waals surface area contributed by atoms with Crippen molar-refractivity contribution in [3.8, 4) is 0 Å². The summed E-state index contributed by atoms with van der Waals surface area (Å²) in [6.45, 7) is 15.7. The number of hydrogen-bond donors (Lipinski definition) is 1. The Kier molecular flexibility index (Phi) is 13.9. The second-order valence-electron chi connectivity index (χ2n) is 8.67. The molecule has 0 saturated heterocycles. The predicted molar refractivity (Wildman–Crippen MR) is 150 cm³/mol. The fourth-order valence-corrected chi connectivity index (χ4v) is 4.43. The SMILES string of the molecule is C=CC(/C=C(\CN(C=C)c1cc(C(=O)OC)ccc1CC1CCCCC1)C(=O)O)=C(C)\C=C/C.CC. The van der Waals surface area contributed by atoms with Gasteiger partial charge in [0.25, 0.3) is 0 Å². The van der Waals surface area contributed by atoms with Crippen molar-refractivity contribution >= 4 is 17.6 Å². The maximum Gasteiger partial charge on any atom is 0.337 e. The van der Waals surface area contributed by atoms with Crippen LogP contribution < -0.4 is 4.90 Å². The van der Waals surface area contributed by atoms with Crippen LogP contribution in [0.3, 0.4) is 0 Å². The van der Waals surface area contributed by atoms with Gasteiger partial charge in [0.2, 0.25) is 0 Å². The van der Waals surface area contributed by atoms with E-state index in [1.54, 1.807) is 35.4 Å². The lowest BCUT2D eigenvalue weighted by Crippen LogP contribution is -2.25. The highest BCUT2D eigenvalue weighted by atomic mass is 16.5. The minimum absolute atomic E-state index is 0.0988. The standard InChI is InChI=1S/C29H37NO4.C2H6/c1-6-12-21(4)23(7-2)18-26(28(31)32)20-30(8-3)27-19-25(29(33)34-5)16-15-24(27)17-22-13-10-9-11-14-22;1-2/h6-8,12,15-16,18-19,22H,2-3,9-11,13-14,17,20H2,1,4-5H3,(H,31,32);1-2H3/b12-6-,23-21+,26-18+;. The van der Waals surface area contributed by atoms with Gasteiger partial charge < -0.3 is 14.7 Å². The minimum atomic E-state index is -1.02. The van der Waals surface area contributed by atoms with E-state index in [1.165, 1.54) is 39.2 Å². The van der Waals surface area contributed by atoms with Crippen LogP contribution in [0.25, 0.3) is 0 Å². The van der Waals surface area contributed by atoms with Gasteiger partial charge in [-0.3, -0.25) is 0 Å². The van der Waals surface area contributed by atoms with Gasteiger partial charge in [0, 0.05) is 5.69 Å². The number of rotatable bonds is 11. The average Bonchev–Trinajstić information content (AvgIpc) is 2.90. The molecule has 1 aromatic rings. The smallest absolute Gasteiger partial charge is 0.337 e. The second-order valence-corrected chi connectivity index (χ2v) is 8.67. The van der Waals surface area contributed by atoms with Gasteiger partial charge in [-0.2, -0.15) is 0 Å². The number of carbonyl (C=O) groups excluding carboxylic acids is 1. The van der Waals surface area contributed by atoms with E-state index >= 15 is 0 Å². The Morgan fingerprint density at radius 2 is 1.83 bits per heavy atom. The molecule has 36 heavy (non-hydrogen) atoms. The lowest BCUT2D eigenvalue weighted by molar-refractivity contribution is -0.132. The van der Waals surface area contributed by atoms with Gasteiger partial charge in [-0.05, 0) is 67.3 Å². The topological polar surface area (TPSA) is 66.8 Å². The zero-order valence-corrected chi connectivity index (χ0v) is 22.7. The van der Waals surface area contributed by atoms with Gasteiger partial charge in [0.05, 0.1) is 24.8 Å². The molecule has 1 aliphatic carbocycles. The molecule has 0 unspecified atom stereocenters. The summed E-state index contributed by atoms with van der Waals surface area (Å²) in [6.07, 6.45) is 15.7. The van der Waals surface area contributed by atoms with Crippen LogP contribution >= 0.6 is 0 Å². The summed E-state index contributed by atoms with van der Waals surface area (Å²) in [6, 6.07) is 5.52. The van der Waals surface area contributed by atoms with Crippen molar-refractivity contribution in [2.24, 2.45) is 5.92 Å². The Balaban J connectivity index is 0.00000316. The van der Waals surface area contributed by atoms with Crippen molar-refractivity contribution in [2.45, 2.75) is 66.2 Å². The van der Waals surface area contributed by atoms with E-state index in [9.17, 15) is 14.7 Å². The number of allylic oxidation sites excluding steroid dienone is 6. The Labute approximate surface area is 217 Å². The number of ether oxygens (including phenoxy) is 1. The Morgan fingerprint density at radius 3 is 2.36 bits per heavy atom. The van der Waals surface area contributed by atoms with E-state index in [1.807, 2.05) is 45.9 Å². The van der Waals surface area contributed by atoms with E-state index < -0.39 is 11.9 Å². The molecule has 5 heteroatoms. The Morgan fingerprint density at radius 1 is 1.17 bits per heavy atom. The second kappa shape index (κ2) is 16.4. The van der Waals surface area contributed by atoms with E-state index in [2.05, 4.69) is 13.2 Å². The van der Waals surface area contributed by atoms with Crippen molar-refractivity contribution in [1.82, 2.24) is 0 Å². The first kappa shape index (κ1) is 30.7. The fourth-order valence-electron chi connectivity index (χ4n) is 4.43. The van der Waals surface area contributed by atoms with Crippen molar-refractivity contribution in [2.75, 3.05) is 18.6 Å². The average molecular weight is 494 g/mol. The Hall–Kier alpha value is -3.34. The number of carboxylic acid groups (broad SMARTS) is 1. The molecule has 0 aliphatic heterocycles. The zero-order valence-electron chi connectivity index (χ0n) is 22.7. The molecule has 0 bridgehead atoms. The number of aliphatic carboxylic acids is 1. The summed E-state index contributed by atoms with van der Waals surface area (Å²) in [5.74, 6) is -0.865. The lowest BCUT2D eigenvalue weighted by atomic mass is 9.84. The third-order valence-electron chi connectivity index (χ3n) is 6.31. The van der Waals surface area contributed by atoms with Crippen LogP contribution in [-0.4, -0.2) is 30.7 Å². The molecule has 2 rings (SSSR count). The van der Waals surface area contributed by atoms with E-state index in [4.69, 9.17) is 4.74 Å². The molecule has 1 aromatic carbocycles. The molecule has 0 aromatic heterocycles. The minimum Gasteiger partial charge on any atom is -0.478 e. The van der Waals surface area contributed by atoms with Crippen molar-refractivity contribution in [3.63, 3.8) is 0 Å². The predicted octanol–water partition coefficient (Wildman–Crippen LogP) is 7.66. The molecule has 0 heterocycles. The molecule has 5 nitrogen and oxygen atoms in total. The number of esters is 1. The zero-order chi connectivity index (χ0) is 27.1. The fraction of sp³-hybridized carbons (Fsp3) is 0.419.